The van der Waals surface area contributed by atoms with Gasteiger partial charge >= 0.3 is 0 Å². The first-order chi connectivity index (χ1) is 9.16. The van der Waals surface area contributed by atoms with E-state index in [2.05, 4.69) is 6.92 Å². The lowest BCUT2D eigenvalue weighted by Crippen LogP contribution is -2.52. The molecule has 0 spiro atoms. The van der Waals surface area contributed by atoms with Crippen molar-refractivity contribution in [2.75, 3.05) is 6.54 Å². The summed E-state index contributed by atoms with van der Waals surface area (Å²) in [6.45, 7) is 3.17. The molecule has 0 bridgehead atoms. The van der Waals surface area contributed by atoms with Crippen LogP contribution in [0.3, 0.4) is 0 Å². The highest BCUT2D eigenvalue weighted by Gasteiger charge is 2.40. The second-order valence-corrected chi connectivity index (χ2v) is 6.26. The van der Waals surface area contributed by atoms with Crippen molar-refractivity contribution in [2.45, 2.75) is 45.1 Å². The van der Waals surface area contributed by atoms with E-state index in [1.807, 2.05) is 4.90 Å². The van der Waals surface area contributed by atoms with Gasteiger partial charge < -0.3 is 9.32 Å². The lowest BCUT2D eigenvalue weighted by atomic mass is 9.72. The van der Waals surface area contributed by atoms with Crippen molar-refractivity contribution in [3.05, 3.63) is 23.1 Å². The van der Waals surface area contributed by atoms with Crippen molar-refractivity contribution in [2.24, 2.45) is 11.8 Å². The van der Waals surface area contributed by atoms with E-state index >= 15 is 0 Å². The van der Waals surface area contributed by atoms with Crippen LogP contribution < -0.4 is 0 Å². The molecule has 104 valence electrons. The van der Waals surface area contributed by atoms with Crippen molar-refractivity contribution < 1.29 is 9.21 Å². The smallest absolute Gasteiger partial charge is 0.289 e. The molecule has 0 N–H and O–H groups in total. The monoisotopic (exact) mass is 281 g/mol. The number of carbonyl (C=O) groups excluding carboxylic acids is 1. The van der Waals surface area contributed by atoms with Crippen LogP contribution >= 0.6 is 11.6 Å². The maximum atomic E-state index is 12.5. The molecule has 4 heteroatoms. The number of hydrogen-bond donors (Lipinski definition) is 0. The first-order valence-electron chi connectivity index (χ1n) is 7.23. The molecular formula is C15H20ClNO2. The number of likely N-dealkylation sites (tertiary alicyclic amines) is 1. The Labute approximate surface area is 118 Å². The number of amides is 1. The molecule has 19 heavy (non-hydrogen) atoms. The van der Waals surface area contributed by atoms with Crippen LogP contribution in [0.2, 0.25) is 5.22 Å². The number of nitrogens with zero attached hydrogens (tertiary/aromatic N) is 1. The summed E-state index contributed by atoms with van der Waals surface area (Å²) in [6.07, 6.45) is 6.03. The number of carbonyl (C=O) groups is 1. The third-order valence-corrected chi connectivity index (χ3v) is 4.99. The maximum Gasteiger partial charge on any atom is 0.289 e. The molecule has 2 fully saturated rings. The van der Waals surface area contributed by atoms with Crippen LogP contribution in [0.5, 0.6) is 0 Å². The summed E-state index contributed by atoms with van der Waals surface area (Å²) >= 11 is 5.77. The minimum Gasteiger partial charge on any atom is -0.440 e. The van der Waals surface area contributed by atoms with Crippen LogP contribution in [0, 0.1) is 11.8 Å². The molecule has 1 amide bonds. The van der Waals surface area contributed by atoms with Gasteiger partial charge in [-0.2, -0.15) is 0 Å². The molecule has 1 saturated heterocycles. The van der Waals surface area contributed by atoms with E-state index in [-0.39, 0.29) is 11.1 Å². The highest BCUT2D eigenvalue weighted by atomic mass is 35.5. The van der Waals surface area contributed by atoms with Crippen molar-refractivity contribution in [3.63, 3.8) is 0 Å². The molecule has 3 unspecified atom stereocenters. The fraction of sp³-hybridized carbons (Fsp3) is 0.667. The number of halogens is 1. The summed E-state index contributed by atoms with van der Waals surface area (Å²) in [7, 11) is 0. The fourth-order valence-corrected chi connectivity index (χ4v) is 3.88. The summed E-state index contributed by atoms with van der Waals surface area (Å²) in [5.74, 6) is 1.78. The summed E-state index contributed by atoms with van der Waals surface area (Å²) in [5, 5.41) is 0.286. The van der Waals surface area contributed by atoms with Gasteiger partial charge in [-0.05, 0) is 54.8 Å². The SMILES string of the molecule is CC1CCN(C(=O)c2ccc(Cl)o2)C2CCCCC12. The van der Waals surface area contributed by atoms with Crippen LogP contribution in [0.1, 0.15) is 49.6 Å². The van der Waals surface area contributed by atoms with Crippen LogP contribution in [0.25, 0.3) is 0 Å². The normalized spacial score (nSPS) is 31.1. The van der Waals surface area contributed by atoms with E-state index in [0.29, 0.717) is 17.7 Å². The average Bonchev–Trinajstić information content (AvgIpc) is 2.86. The molecule has 1 aliphatic heterocycles. The van der Waals surface area contributed by atoms with Crippen molar-refractivity contribution in [3.8, 4) is 0 Å². The van der Waals surface area contributed by atoms with E-state index in [0.717, 1.165) is 25.3 Å². The molecule has 1 aromatic heterocycles. The van der Waals surface area contributed by atoms with Crippen LogP contribution in [-0.2, 0) is 0 Å². The molecule has 0 radical (unpaired) electrons. The zero-order valence-corrected chi connectivity index (χ0v) is 12.0. The van der Waals surface area contributed by atoms with Gasteiger partial charge in [0.2, 0.25) is 0 Å². The van der Waals surface area contributed by atoms with Crippen molar-refractivity contribution in [1.29, 1.82) is 0 Å². The highest BCUT2D eigenvalue weighted by molar-refractivity contribution is 6.29. The summed E-state index contributed by atoms with van der Waals surface area (Å²) in [6, 6.07) is 3.72. The van der Waals surface area contributed by atoms with Gasteiger partial charge in [-0.3, -0.25) is 4.79 Å². The first-order valence-corrected chi connectivity index (χ1v) is 7.61. The summed E-state index contributed by atoms with van der Waals surface area (Å²) in [4.78, 5) is 14.6. The average molecular weight is 282 g/mol. The standard InChI is InChI=1S/C15H20ClNO2/c1-10-8-9-17(12-5-3-2-4-11(10)12)15(18)13-6-7-14(16)19-13/h6-7,10-12H,2-5,8-9H2,1H3. The van der Waals surface area contributed by atoms with Crippen molar-refractivity contribution in [1.82, 2.24) is 4.90 Å². The van der Waals surface area contributed by atoms with E-state index in [9.17, 15) is 4.79 Å². The molecule has 3 nitrogen and oxygen atoms in total. The summed E-state index contributed by atoms with van der Waals surface area (Å²) < 4.78 is 5.28. The van der Waals surface area contributed by atoms with E-state index in [1.54, 1.807) is 12.1 Å². The lowest BCUT2D eigenvalue weighted by Gasteiger charge is -2.47. The topological polar surface area (TPSA) is 33.5 Å². The molecule has 1 aromatic rings. The third-order valence-electron chi connectivity index (χ3n) is 4.78. The Morgan fingerprint density at radius 3 is 2.84 bits per heavy atom. The Balaban J connectivity index is 1.81. The lowest BCUT2D eigenvalue weighted by molar-refractivity contribution is 0.0194. The minimum atomic E-state index is 0.00991. The van der Waals surface area contributed by atoms with Crippen molar-refractivity contribution >= 4 is 17.5 Å². The Hall–Kier alpha value is -0.960. The second-order valence-electron chi connectivity index (χ2n) is 5.88. The number of piperidine rings is 1. The molecule has 1 aliphatic carbocycles. The van der Waals surface area contributed by atoms with Gasteiger partial charge in [0, 0.05) is 12.6 Å². The first kappa shape index (κ1) is 13.0. The minimum absolute atomic E-state index is 0.00991. The predicted octanol–water partition coefficient (Wildman–Crippen LogP) is 3.97. The fourth-order valence-electron chi connectivity index (χ4n) is 3.74. The Kier molecular flexibility index (Phi) is 3.57. The van der Waals surface area contributed by atoms with Crippen LogP contribution in [0.15, 0.2) is 16.5 Å². The highest BCUT2D eigenvalue weighted by Crippen LogP contribution is 2.39. The van der Waals surface area contributed by atoms with Gasteiger partial charge in [-0.25, -0.2) is 0 Å². The van der Waals surface area contributed by atoms with Gasteiger partial charge in [0.1, 0.15) is 0 Å². The van der Waals surface area contributed by atoms with Gasteiger partial charge in [-0.1, -0.05) is 19.8 Å². The number of hydrogen-bond acceptors (Lipinski definition) is 2. The Morgan fingerprint density at radius 1 is 1.32 bits per heavy atom. The number of rotatable bonds is 1. The Bertz CT molecular complexity index is 470. The van der Waals surface area contributed by atoms with Gasteiger partial charge in [0.15, 0.2) is 11.0 Å². The molecular weight excluding hydrogens is 262 g/mol. The number of furan rings is 1. The largest absolute Gasteiger partial charge is 0.440 e. The predicted molar refractivity (Wildman–Crippen MR) is 74.3 cm³/mol. The zero-order chi connectivity index (χ0) is 13.4. The quantitative estimate of drug-likeness (QED) is 0.780. The molecule has 3 atom stereocenters. The van der Waals surface area contributed by atoms with Crippen LogP contribution in [-0.4, -0.2) is 23.4 Å². The molecule has 1 saturated carbocycles. The van der Waals surface area contributed by atoms with Gasteiger partial charge in [-0.15, -0.1) is 0 Å². The van der Waals surface area contributed by atoms with E-state index in [4.69, 9.17) is 16.0 Å². The third kappa shape index (κ3) is 2.40. The molecule has 3 rings (SSSR count). The van der Waals surface area contributed by atoms with E-state index < -0.39 is 0 Å². The van der Waals surface area contributed by atoms with E-state index in [1.165, 1.54) is 19.3 Å². The van der Waals surface area contributed by atoms with Gasteiger partial charge in [0.25, 0.3) is 5.91 Å². The maximum absolute atomic E-state index is 12.5. The number of fused-ring (bicyclic) bond motifs is 1. The zero-order valence-electron chi connectivity index (χ0n) is 11.3. The molecule has 2 aliphatic rings. The molecule has 2 heterocycles. The second kappa shape index (κ2) is 5.20. The molecule has 0 aromatic carbocycles. The Morgan fingerprint density at radius 2 is 2.11 bits per heavy atom. The summed E-state index contributed by atoms with van der Waals surface area (Å²) in [5.41, 5.74) is 0. The van der Waals surface area contributed by atoms with Crippen LogP contribution in [0.4, 0.5) is 0 Å². The van der Waals surface area contributed by atoms with Gasteiger partial charge in [0.05, 0.1) is 0 Å².